The van der Waals surface area contributed by atoms with Gasteiger partial charge >= 0.3 is 0 Å². The molecule has 2 heterocycles. The molecule has 1 N–H and O–H groups in total. The molecule has 2 aromatic heterocycles. The molecule has 0 spiro atoms. The lowest BCUT2D eigenvalue weighted by atomic mass is 10.1. The molecule has 2 aromatic carbocycles. The average molecular weight is 464 g/mol. The number of hydrogen-bond donors (Lipinski definition) is 1. The second kappa shape index (κ2) is 11.4. The highest BCUT2D eigenvalue weighted by Crippen LogP contribution is 2.29. The van der Waals surface area contributed by atoms with Gasteiger partial charge in [0.2, 0.25) is 0 Å². The average Bonchev–Trinajstić information content (AvgIpc) is 3.25. The number of H-pyrrole nitrogens is 1. The molecule has 4 rings (SSSR count). The van der Waals surface area contributed by atoms with Crippen LogP contribution in [0.25, 0.3) is 11.0 Å². The van der Waals surface area contributed by atoms with Crippen molar-refractivity contribution < 1.29 is 4.74 Å². The van der Waals surface area contributed by atoms with Gasteiger partial charge in [-0.3, -0.25) is 4.98 Å². The van der Waals surface area contributed by atoms with Gasteiger partial charge in [0.15, 0.2) is 5.16 Å². The molecule has 0 aliphatic rings. The number of pyridine rings is 1. The summed E-state index contributed by atoms with van der Waals surface area (Å²) in [6.45, 7) is 2.19. The molecule has 0 radical (unpaired) electrons. The molecule has 0 atom stereocenters. The van der Waals surface area contributed by atoms with E-state index in [1.54, 1.807) is 18.9 Å². The van der Waals surface area contributed by atoms with E-state index in [4.69, 9.17) is 4.74 Å². The second-order valence-corrected chi connectivity index (χ2v) is 9.84. The van der Waals surface area contributed by atoms with Crippen molar-refractivity contribution in [2.24, 2.45) is 0 Å². The van der Waals surface area contributed by atoms with Crippen LogP contribution >= 0.6 is 23.5 Å². The number of rotatable bonds is 11. The fraction of sp³-hybridized carbons (Fsp3) is 0.308. The Hall–Kier alpha value is -2.44. The van der Waals surface area contributed by atoms with Crippen LogP contribution in [0.3, 0.4) is 0 Å². The summed E-state index contributed by atoms with van der Waals surface area (Å²) in [7, 11) is 1.71. The summed E-state index contributed by atoms with van der Waals surface area (Å²) in [5, 5.41) is 0.947. The first-order valence-corrected chi connectivity index (χ1v) is 13.0. The molecule has 0 saturated heterocycles. The topological polar surface area (TPSA) is 50.8 Å². The molecule has 0 amide bonds. The summed E-state index contributed by atoms with van der Waals surface area (Å²) in [4.78, 5) is 14.0. The smallest absolute Gasteiger partial charge is 0.166 e. The van der Waals surface area contributed by atoms with Gasteiger partial charge < -0.3 is 9.72 Å². The van der Waals surface area contributed by atoms with Crippen LogP contribution in [-0.2, 0) is 12.2 Å². The summed E-state index contributed by atoms with van der Waals surface area (Å²) in [5.74, 6) is 2.89. The third-order valence-corrected chi connectivity index (χ3v) is 7.63. The van der Waals surface area contributed by atoms with Gasteiger partial charge in [-0.05, 0) is 73.4 Å². The van der Waals surface area contributed by atoms with E-state index in [1.165, 1.54) is 35.3 Å². The van der Waals surface area contributed by atoms with E-state index < -0.39 is 0 Å². The van der Waals surface area contributed by atoms with E-state index >= 15 is 0 Å². The van der Waals surface area contributed by atoms with Gasteiger partial charge in [0.1, 0.15) is 5.75 Å². The molecule has 0 unspecified atom stereocenters. The van der Waals surface area contributed by atoms with E-state index in [9.17, 15) is 0 Å². The molecule has 0 aliphatic carbocycles. The number of benzene rings is 2. The van der Waals surface area contributed by atoms with Crippen molar-refractivity contribution in [3.8, 4) is 5.75 Å². The molecule has 6 heteroatoms. The standard InChI is InChI=1S/C26H29N3OS2/c1-19-24(18-32-26-28-22-9-5-6-10-23(22)29-26)27-16-15-25(19)31-17-7-3-4-8-20-11-13-21(30-2)14-12-20/h5-6,9-16H,3-4,7-8,17-18H2,1-2H3,(H,28,29). The van der Waals surface area contributed by atoms with Gasteiger partial charge in [0.05, 0.1) is 23.8 Å². The number of methoxy groups -OCH3 is 1. The van der Waals surface area contributed by atoms with Crippen LogP contribution in [0.5, 0.6) is 5.75 Å². The Morgan fingerprint density at radius 1 is 0.938 bits per heavy atom. The molecule has 0 aliphatic heterocycles. The maximum Gasteiger partial charge on any atom is 0.166 e. The second-order valence-electron chi connectivity index (χ2n) is 7.74. The third-order valence-electron chi connectivity index (χ3n) is 5.50. The van der Waals surface area contributed by atoms with Crippen LogP contribution in [0.15, 0.2) is 70.8 Å². The lowest BCUT2D eigenvalue weighted by Gasteiger charge is -2.09. The molecular weight excluding hydrogens is 434 g/mol. The lowest BCUT2D eigenvalue weighted by Crippen LogP contribution is -1.95. The number of thioether (sulfide) groups is 2. The Morgan fingerprint density at radius 3 is 2.59 bits per heavy atom. The first kappa shape index (κ1) is 22.7. The van der Waals surface area contributed by atoms with Gasteiger partial charge in [-0.2, -0.15) is 0 Å². The largest absolute Gasteiger partial charge is 0.497 e. The number of aromatic amines is 1. The predicted octanol–water partition coefficient (Wildman–Crippen LogP) is 7.07. The number of para-hydroxylation sites is 2. The summed E-state index contributed by atoms with van der Waals surface area (Å²) in [5.41, 5.74) is 5.90. The zero-order valence-electron chi connectivity index (χ0n) is 18.6. The van der Waals surface area contributed by atoms with Crippen LogP contribution < -0.4 is 4.74 Å². The summed E-state index contributed by atoms with van der Waals surface area (Å²) in [6, 6.07) is 18.7. The predicted molar refractivity (Wildman–Crippen MR) is 136 cm³/mol. The Morgan fingerprint density at radius 2 is 1.78 bits per heavy atom. The fourth-order valence-electron chi connectivity index (χ4n) is 3.58. The minimum absolute atomic E-state index is 0.821. The molecule has 4 aromatic rings. The quantitative estimate of drug-likeness (QED) is 0.190. The van der Waals surface area contributed by atoms with Crippen LogP contribution in [0, 0.1) is 6.92 Å². The number of hydrogen-bond acceptors (Lipinski definition) is 5. The Bertz CT molecular complexity index is 1110. The highest BCUT2D eigenvalue weighted by molar-refractivity contribution is 7.99. The minimum Gasteiger partial charge on any atom is -0.497 e. The zero-order valence-corrected chi connectivity index (χ0v) is 20.3. The van der Waals surface area contributed by atoms with Gasteiger partial charge in [-0.1, -0.05) is 42.4 Å². The number of fused-ring (bicyclic) bond motifs is 1. The van der Waals surface area contributed by atoms with E-state index in [0.29, 0.717) is 0 Å². The Balaban J connectivity index is 1.21. The monoisotopic (exact) mass is 463 g/mol. The number of aryl methyl sites for hydroxylation is 1. The fourth-order valence-corrected chi connectivity index (χ4v) is 5.55. The van der Waals surface area contributed by atoms with Crippen molar-refractivity contribution in [2.45, 2.75) is 48.4 Å². The van der Waals surface area contributed by atoms with Crippen molar-refractivity contribution in [3.63, 3.8) is 0 Å². The number of nitrogens with one attached hydrogen (secondary N) is 1. The summed E-state index contributed by atoms with van der Waals surface area (Å²) < 4.78 is 5.22. The van der Waals surface area contributed by atoms with Crippen molar-refractivity contribution in [1.29, 1.82) is 0 Å². The molecule has 0 bridgehead atoms. The van der Waals surface area contributed by atoms with E-state index in [2.05, 4.69) is 46.1 Å². The van der Waals surface area contributed by atoms with Crippen molar-refractivity contribution in [3.05, 3.63) is 77.6 Å². The molecule has 166 valence electrons. The Labute approximate surface area is 198 Å². The van der Waals surface area contributed by atoms with Crippen molar-refractivity contribution >= 4 is 34.6 Å². The Kier molecular flexibility index (Phi) is 8.13. The first-order chi connectivity index (χ1) is 15.7. The van der Waals surface area contributed by atoms with Crippen LogP contribution in [0.4, 0.5) is 0 Å². The van der Waals surface area contributed by atoms with Crippen LogP contribution in [0.1, 0.15) is 36.1 Å². The summed E-state index contributed by atoms with van der Waals surface area (Å²) in [6.07, 6.45) is 6.77. The minimum atomic E-state index is 0.821. The van der Waals surface area contributed by atoms with Gasteiger partial charge in [-0.15, -0.1) is 11.8 Å². The molecular formula is C26H29N3OS2. The number of ether oxygens (including phenoxy) is 1. The third kappa shape index (κ3) is 6.08. The molecule has 0 fully saturated rings. The highest BCUT2D eigenvalue weighted by atomic mass is 32.2. The SMILES string of the molecule is COc1ccc(CCCCCSc2ccnc(CSc3nc4ccccc4[nH]3)c2C)cc1. The lowest BCUT2D eigenvalue weighted by molar-refractivity contribution is 0.414. The van der Waals surface area contributed by atoms with Gasteiger partial charge in [0.25, 0.3) is 0 Å². The maximum atomic E-state index is 5.22. The normalized spacial score (nSPS) is 11.2. The van der Waals surface area contributed by atoms with Crippen LogP contribution in [0.2, 0.25) is 0 Å². The number of aromatic nitrogens is 3. The van der Waals surface area contributed by atoms with E-state index in [-0.39, 0.29) is 0 Å². The number of unbranched alkanes of at least 4 members (excludes halogenated alkanes) is 2. The van der Waals surface area contributed by atoms with Crippen LogP contribution in [-0.4, -0.2) is 27.8 Å². The van der Waals surface area contributed by atoms with Crippen molar-refractivity contribution in [1.82, 2.24) is 15.0 Å². The van der Waals surface area contributed by atoms with Gasteiger partial charge in [-0.25, -0.2) is 4.98 Å². The van der Waals surface area contributed by atoms with E-state index in [0.717, 1.165) is 45.6 Å². The molecule has 4 nitrogen and oxygen atoms in total. The molecule has 32 heavy (non-hydrogen) atoms. The maximum absolute atomic E-state index is 5.22. The van der Waals surface area contributed by atoms with E-state index in [1.807, 2.05) is 48.3 Å². The number of nitrogens with zero attached hydrogens (tertiary/aromatic N) is 2. The van der Waals surface area contributed by atoms with Gasteiger partial charge in [0, 0.05) is 16.8 Å². The number of imidazole rings is 1. The highest BCUT2D eigenvalue weighted by Gasteiger charge is 2.09. The van der Waals surface area contributed by atoms with Crippen molar-refractivity contribution in [2.75, 3.05) is 12.9 Å². The zero-order chi connectivity index (χ0) is 22.2. The molecule has 0 saturated carbocycles. The first-order valence-electron chi connectivity index (χ1n) is 11.0. The summed E-state index contributed by atoms with van der Waals surface area (Å²) >= 11 is 3.66.